The number of aromatic hydroxyl groups is 1. The second-order valence-corrected chi connectivity index (χ2v) is 4.56. The number of fused-ring (bicyclic) bond motifs is 1. The van der Waals surface area contributed by atoms with Gasteiger partial charge in [-0.2, -0.15) is 0 Å². The third-order valence-electron chi connectivity index (χ3n) is 3.68. The summed E-state index contributed by atoms with van der Waals surface area (Å²) in [6.07, 6.45) is 1.43. The van der Waals surface area contributed by atoms with E-state index in [2.05, 4.69) is 0 Å². The molecule has 96 valence electrons. The quantitative estimate of drug-likeness (QED) is 0.841. The number of ether oxygens (including phenoxy) is 2. The van der Waals surface area contributed by atoms with E-state index in [1.807, 2.05) is 0 Å². The molecular formula is C12H11FO5. The number of benzene rings is 1. The monoisotopic (exact) mass is 254 g/mol. The number of halogens is 1. The van der Waals surface area contributed by atoms with Gasteiger partial charge in [0, 0.05) is 6.07 Å². The summed E-state index contributed by atoms with van der Waals surface area (Å²) in [4.78, 5) is 11.4. The molecule has 1 aromatic rings. The fraction of sp³-hybridized carbons (Fsp3) is 0.417. The second-order valence-electron chi connectivity index (χ2n) is 4.56. The molecule has 0 aromatic heterocycles. The molecule has 0 saturated heterocycles. The predicted molar refractivity (Wildman–Crippen MR) is 57.4 cm³/mol. The number of hydrogen-bond donors (Lipinski definition) is 2. The maximum Gasteiger partial charge on any atom is 0.314 e. The van der Waals surface area contributed by atoms with Crippen molar-refractivity contribution in [3.8, 4) is 17.2 Å². The van der Waals surface area contributed by atoms with Crippen LogP contribution in [-0.4, -0.2) is 23.0 Å². The van der Waals surface area contributed by atoms with Crippen molar-refractivity contribution in [3.63, 3.8) is 0 Å². The minimum absolute atomic E-state index is 0.00810. The van der Waals surface area contributed by atoms with Crippen LogP contribution in [0.25, 0.3) is 0 Å². The Hall–Kier alpha value is -1.98. The molecule has 1 heterocycles. The van der Waals surface area contributed by atoms with Crippen molar-refractivity contribution in [2.75, 3.05) is 6.79 Å². The number of carboxylic acids is 1. The number of carbonyl (C=O) groups is 1. The van der Waals surface area contributed by atoms with Gasteiger partial charge in [0.25, 0.3) is 0 Å². The highest BCUT2D eigenvalue weighted by molar-refractivity contribution is 5.85. The predicted octanol–water partition coefficient (Wildman–Crippen LogP) is 1.77. The largest absolute Gasteiger partial charge is 0.505 e. The lowest BCUT2D eigenvalue weighted by atomic mass is 9.64. The van der Waals surface area contributed by atoms with E-state index in [9.17, 15) is 19.4 Å². The van der Waals surface area contributed by atoms with Crippen molar-refractivity contribution in [2.45, 2.75) is 24.7 Å². The molecule has 0 spiro atoms. The Balaban J connectivity index is 2.25. The number of rotatable bonds is 2. The Labute approximate surface area is 102 Å². The average molecular weight is 254 g/mol. The normalized spacial score (nSPS) is 19.4. The number of aliphatic carboxylic acids is 1. The minimum atomic E-state index is -1.26. The minimum Gasteiger partial charge on any atom is -0.505 e. The molecular weight excluding hydrogens is 243 g/mol. The molecule has 0 atom stereocenters. The molecule has 2 N–H and O–H groups in total. The zero-order chi connectivity index (χ0) is 12.9. The Morgan fingerprint density at radius 2 is 2.11 bits per heavy atom. The number of hydrogen-bond acceptors (Lipinski definition) is 4. The molecule has 0 amide bonds. The summed E-state index contributed by atoms with van der Waals surface area (Å²) in [6.45, 7) is -0.0963. The topological polar surface area (TPSA) is 76.0 Å². The van der Waals surface area contributed by atoms with Gasteiger partial charge in [-0.1, -0.05) is 6.42 Å². The van der Waals surface area contributed by atoms with E-state index in [1.54, 1.807) is 0 Å². The lowest BCUT2D eigenvalue weighted by Gasteiger charge is -2.38. The summed E-state index contributed by atoms with van der Waals surface area (Å²) in [5.41, 5.74) is -1.25. The average Bonchev–Trinajstić information content (AvgIpc) is 2.68. The van der Waals surface area contributed by atoms with Crippen molar-refractivity contribution in [2.24, 2.45) is 0 Å². The van der Waals surface area contributed by atoms with E-state index in [0.717, 1.165) is 12.5 Å². The van der Waals surface area contributed by atoms with Crippen molar-refractivity contribution < 1.29 is 28.9 Å². The molecule has 0 bridgehead atoms. The fourth-order valence-electron chi connectivity index (χ4n) is 2.55. The lowest BCUT2D eigenvalue weighted by molar-refractivity contribution is -0.147. The molecule has 6 heteroatoms. The molecule has 1 fully saturated rings. The first-order valence-corrected chi connectivity index (χ1v) is 5.61. The Morgan fingerprint density at radius 3 is 2.67 bits per heavy atom. The van der Waals surface area contributed by atoms with E-state index in [4.69, 9.17) is 9.47 Å². The van der Waals surface area contributed by atoms with Crippen molar-refractivity contribution in [1.29, 1.82) is 0 Å². The molecule has 1 saturated carbocycles. The van der Waals surface area contributed by atoms with Crippen LogP contribution in [0.4, 0.5) is 4.39 Å². The Morgan fingerprint density at radius 1 is 1.39 bits per heavy atom. The zero-order valence-corrected chi connectivity index (χ0v) is 9.40. The lowest BCUT2D eigenvalue weighted by Crippen LogP contribution is -2.42. The van der Waals surface area contributed by atoms with Gasteiger partial charge in [-0.15, -0.1) is 0 Å². The van der Waals surface area contributed by atoms with Gasteiger partial charge in [-0.25, -0.2) is 4.39 Å². The van der Waals surface area contributed by atoms with Crippen LogP contribution in [0.2, 0.25) is 0 Å². The number of carboxylic acid groups (broad SMARTS) is 1. The van der Waals surface area contributed by atoms with E-state index >= 15 is 0 Å². The van der Waals surface area contributed by atoms with Crippen molar-refractivity contribution in [1.82, 2.24) is 0 Å². The second kappa shape index (κ2) is 3.51. The summed E-state index contributed by atoms with van der Waals surface area (Å²) in [6, 6.07) is 1.01. The molecule has 1 aliphatic carbocycles. The molecule has 18 heavy (non-hydrogen) atoms. The molecule has 1 aliphatic heterocycles. The summed E-state index contributed by atoms with van der Waals surface area (Å²) in [7, 11) is 0. The summed E-state index contributed by atoms with van der Waals surface area (Å²) >= 11 is 0. The van der Waals surface area contributed by atoms with Crippen LogP contribution in [0.3, 0.4) is 0 Å². The van der Waals surface area contributed by atoms with Crippen LogP contribution in [0.15, 0.2) is 6.07 Å². The highest BCUT2D eigenvalue weighted by atomic mass is 19.1. The zero-order valence-electron chi connectivity index (χ0n) is 9.40. The van der Waals surface area contributed by atoms with Crippen LogP contribution >= 0.6 is 0 Å². The first-order chi connectivity index (χ1) is 8.56. The van der Waals surface area contributed by atoms with Gasteiger partial charge in [-0.3, -0.25) is 4.79 Å². The third-order valence-corrected chi connectivity index (χ3v) is 3.68. The maximum atomic E-state index is 13.6. The molecule has 0 unspecified atom stereocenters. The van der Waals surface area contributed by atoms with Crippen LogP contribution in [0.5, 0.6) is 17.2 Å². The van der Waals surface area contributed by atoms with E-state index in [0.29, 0.717) is 12.8 Å². The SMILES string of the molecule is O=C(O)C1(c2c(O)c(F)cc3c2OCO3)CCC1. The van der Waals surface area contributed by atoms with Gasteiger partial charge >= 0.3 is 5.97 Å². The molecule has 5 nitrogen and oxygen atoms in total. The first kappa shape index (κ1) is 11.1. The molecule has 2 aliphatic rings. The Kier molecular flexibility index (Phi) is 2.17. The van der Waals surface area contributed by atoms with E-state index < -0.39 is 23.0 Å². The Bertz CT molecular complexity index is 536. The number of phenols is 1. The summed E-state index contributed by atoms with van der Waals surface area (Å²) in [5, 5.41) is 19.2. The standard InChI is InChI=1S/C12H11FO5/c13-6-4-7-10(18-5-17-7)8(9(6)14)12(11(15)16)2-1-3-12/h4,14H,1-3,5H2,(H,15,16). The van der Waals surface area contributed by atoms with Gasteiger partial charge in [0.2, 0.25) is 6.79 Å². The van der Waals surface area contributed by atoms with Gasteiger partial charge in [0.1, 0.15) is 5.41 Å². The third kappa shape index (κ3) is 1.23. The van der Waals surface area contributed by atoms with E-state index in [-0.39, 0.29) is 23.9 Å². The van der Waals surface area contributed by atoms with Crippen LogP contribution in [-0.2, 0) is 10.2 Å². The van der Waals surface area contributed by atoms with Crippen molar-refractivity contribution in [3.05, 3.63) is 17.4 Å². The van der Waals surface area contributed by atoms with Gasteiger partial charge in [0.15, 0.2) is 23.1 Å². The van der Waals surface area contributed by atoms with Crippen LogP contribution in [0, 0.1) is 5.82 Å². The molecule has 1 aromatic carbocycles. The van der Waals surface area contributed by atoms with Gasteiger partial charge in [0.05, 0.1) is 5.56 Å². The maximum absolute atomic E-state index is 13.6. The van der Waals surface area contributed by atoms with Crippen molar-refractivity contribution >= 4 is 5.97 Å². The van der Waals surface area contributed by atoms with Crippen LogP contribution < -0.4 is 9.47 Å². The molecule has 3 rings (SSSR count). The highest BCUT2D eigenvalue weighted by Gasteiger charge is 2.51. The fourth-order valence-corrected chi connectivity index (χ4v) is 2.55. The highest BCUT2D eigenvalue weighted by Crippen LogP contribution is 2.55. The summed E-state index contributed by atoms with van der Waals surface area (Å²) < 4.78 is 23.8. The smallest absolute Gasteiger partial charge is 0.314 e. The van der Waals surface area contributed by atoms with E-state index in [1.165, 1.54) is 0 Å². The summed E-state index contributed by atoms with van der Waals surface area (Å²) in [5.74, 6) is -2.32. The molecule has 0 radical (unpaired) electrons. The van der Waals surface area contributed by atoms with Crippen LogP contribution in [0.1, 0.15) is 24.8 Å². The van der Waals surface area contributed by atoms with Gasteiger partial charge in [-0.05, 0) is 12.8 Å². The first-order valence-electron chi connectivity index (χ1n) is 5.61. The van der Waals surface area contributed by atoms with Gasteiger partial charge < -0.3 is 19.7 Å². The number of phenolic OH excluding ortho intramolecular Hbond substituents is 1.